The van der Waals surface area contributed by atoms with Crippen molar-refractivity contribution >= 4 is 5.82 Å². The largest absolute Gasteiger partial charge is 0.489 e. The van der Waals surface area contributed by atoms with E-state index in [-0.39, 0.29) is 12.2 Å². The van der Waals surface area contributed by atoms with Crippen LogP contribution < -0.4 is 9.64 Å². The first-order valence-corrected chi connectivity index (χ1v) is 11.2. The molecule has 8 heteroatoms. The van der Waals surface area contributed by atoms with E-state index in [9.17, 15) is 10.4 Å². The number of nitrogens with zero attached hydrogens (tertiary/aromatic N) is 5. The highest BCUT2D eigenvalue weighted by atomic mass is 16.5. The standard InChI is InChI=1S/C25H25N5O3/c26-14-19-13-18(1-2-23(19)33-21-5-9-32-10-6-21)22-4-8-27-24(29-22)11-17-3-7-28-25(12-17)30-15-20(31)16-30/h1-4,7-8,12-13,20-21,31H,5-6,9-11,15-16H2. The van der Waals surface area contributed by atoms with Gasteiger partial charge in [-0.25, -0.2) is 15.0 Å². The number of nitriles is 1. The van der Waals surface area contributed by atoms with Gasteiger partial charge in [-0.2, -0.15) is 5.26 Å². The maximum atomic E-state index is 9.67. The van der Waals surface area contributed by atoms with Crippen LogP contribution in [0.25, 0.3) is 11.3 Å². The van der Waals surface area contributed by atoms with E-state index in [0.29, 0.717) is 49.9 Å². The summed E-state index contributed by atoms with van der Waals surface area (Å²) in [6, 6.07) is 13.7. The first-order chi connectivity index (χ1) is 16.2. The Labute approximate surface area is 192 Å². The van der Waals surface area contributed by atoms with E-state index in [0.717, 1.165) is 35.5 Å². The molecule has 0 amide bonds. The fourth-order valence-electron chi connectivity index (χ4n) is 4.07. The lowest BCUT2D eigenvalue weighted by atomic mass is 10.1. The molecule has 0 aliphatic carbocycles. The summed E-state index contributed by atoms with van der Waals surface area (Å²) in [6.45, 7) is 2.59. The predicted octanol–water partition coefficient (Wildman–Crippen LogP) is 2.74. The summed E-state index contributed by atoms with van der Waals surface area (Å²) in [6.07, 6.45) is 5.54. The maximum Gasteiger partial charge on any atom is 0.137 e. The highest BCUT2D eigenvalue weighted by Crippen LogP contribution is 2.28. The number of ether oxygens (including phenoxy) is 2. The molecule has 8 nitrogen and oxygen atoms in total. The zero-order valence-corrected chi connectivity index (χ0v) is 18.2. The minimum atomic E-state index is -0.276. The molecule has 0 bridgehead atoms. The first kappa shape index (κ1) is 21.3. The molecule has 0 spiro atoms. The highest BCUT2D eigenvalue weighted by Gasteiger charge is 2.25. The monoisotopic (exact) mass is 443 g/mol. The molecule has 3 aromatic rings. The van der Waals surface area contributed by atoms with Gasteiger partial charge in [0.15, 0.2) is 0 Å². The number of anilines is 1. The van der Waals surface area contributed by atoms with Gasteiger partial charge in [-0.05, 0) is 42.0 Å². The van der Waals surface area contributed by atoms with Crippen molar-refractivity contribution in [3.63, 3.8) is 0 Å². The molecule has 168 valence electrons. The molecular formula is C25H25N5O3. The van der Waals surface area contributed by atoms with Crippen molar-refractivity contribution in [1.82, 2.24) is 15.0 Å². The topological polar surface area (TPSA) is 104 Å². The van der Waals surface area contributed by atoms with Gasteiger partial charge in [-0.3, -0.25) is 0 Å². The van der Waals surface area contributed by atoms with Crippen molar-refractivity contribution in [1.29, 1.82) is 5.26 Å². The lowest BCUT2D eigenvalue weighted by Crippen LogP contribution is -2.51. The summed E-state index contributed by atoms with van der Waals surface area (Å²) < 4.78 is 11.4. The van der Waals surface area contributed by atoms with Crippen LogP contribution in [0, 0.1) is 11.3 Å². The third-order valence-electron chi connectivity index (χ3n) is 5.92. The van der Waals surface area contributed by atoms with Crippen LogP contribution in [0.3, 0.4) is 0 Å². The van der Waals surface area contributed by atoms with E-state index in [1.54, 1.807) is 12.4 Å². The Kier molecular flexibility index (Phi) is 6.15. The molecule has 0 radical (unpaired) electrons. The number of aromatic nitrogens is 3. The number of hydrogen-bond donors (Lipinski definition) is 1. The molecule has 0 unspecified atom stereocenters. The van der Waals surface area contributed by atoms with Gasteiger partial charge in [0.1, 0.15) is 29.6 Å². The van der Waals surface area contributed by atoms with Crippen molar-refractivity contribution in [2.24, 2.45) is 0 Å². The highest BCUT2D eigenvalue weighted by molar-refractivity contribution is 5.64. The van der Waals surface area contributed by atoms with Gasteiger partial charge in [-0.15, -0.1) is 0 Å². The molecule has 0 saturated carbocycles. The average molecular weight is 444 g/mol. The molecule has 4 heterocycles. The summed E-state index contributed by atoms with van der Waals surface area (Å²) in [5.74, 6) is 2.14. The molecule has 1 aromatic carbocycles. The molecule has 2 aliphatic heterocycles. The molecule has 1 N–H and O–H groups in total. The van der Waals surface area contributed by atoms with Gasteiger partial charge < -0.3 is 19.5 Å². The summed E-state index contributed by atoms with van der Waals surface area (Å²) in [5.41, 5.74) is 3.15. The van der Waals surface area contributed by atoms with Gasteiger partial charge >= 0.3 is 0 Å². The Balaban J connectivity index is 1.32. The van der Waals surface area contributed by atoms with Crippen molar-refractivity contribution in [3.05, 3.63) is 65.7 Å². The van der Waals surface area contributed by atoms with E-state index < -0.39 is 0 Å². The van der Waals surface area contributed by atoms with Crippen LogP contribution in [-0.4, -0.2) is 58.6 Å². The molecule has 33 heavy (non-hydrogen) atoms. The van der Waals surface area contributed by atoms with Crippen LogP contribution in [0.15, 0.2) is 48.8 Å². The summed E-state index contributed by atoms with van der Waals surface area (Å²) in [5, 5.41) is 19.2. The SMILES string of the molecule is N#Cc1cc(-c2ccnc(Cc3ccnc(N4CC(O)C4)c3)n2)ccc1OC1CCOCC1. The summed E-state index contributed by atoms with van der Waals surface area (Å²) >= 11 is 0. The van der Waals surface area contributed by atoms with E-state index in [2.05, 4.69) is 16.0 Å². The van der Waals surface area contributed by atoms with Crippen LogP contribution in [0.4, 0.5) is 5.82 Å². The molecule has 2 aliphatic rings. The van der Waals surface area contributed by atoms with Crippen LogP contribution >= 0.6 is 0 Å². The van der Waals surface area contributed by atoms with Gasteiger partial charge in [0, 0.05) is 50.3 Å². The number of hydrogen-bond acceptors (Lipinski definition) is 8. The summed E-state index contributed by atoms with van der Waals surface area (Å²) in [7, 11) is 0. The first-order valence-electron chi connectivity index (χ1n) is 11.2. The second-order valence-electron chi connectivity index (χ2n) is 8.37. The number of aliphatic hydroxyl groups excluding tert-OH is 1. The number of aliphatic hydroxyl groups is 1. The number of pyridine rings is 1. The Bertz CT molecular complexity index is 1170. The Morgan fingerprint density at radius 2 is 1.91 bits per heavy atom. The quantitative estimate of drug-likeness (QED) is 0.620. The van der Waals surface area contributed by atoms with Crippen molar-refractivity contribution in [2.45, 2.75) is 31.5 Å². The van der Waals surface area contributed by atoms with Crippen LogP contribution in [0.1, 0.15) is 29.8 Å². The minimum Gasteiger partial charge on any atom is -0.489 e. The normalized spacial score (nSPS) is 16.8. The van der Waals surface area contributed by atoms with Crippen molar-refractivity contribution in [2.75, 3.05) is 31.2 Å². The van der Waals surface area contributed by atoms with Gasteiger partial charge in [0.05, 0.1) is 30.6 Å². The van der Waals surface area contributed by atoms with Crippen LogP contribution in [0.5, 0.6) is 5.75 Å². The van der Waals surface area contributed by atoms with Gasteiger partial charge in [0.25, 0.3) is 0 Å². The Morgan fingerprint density at radius 1 is 1.09 bits per heavy atom. The Morgan fingerprint density at radius 3 is 2.70 bits per heavy atom. The lowest BCUT2D eigenvalue weighted by Gasteiger charge is -2.36. The van der Waals surface area contributed by atoms with E-state index in [1.807, 2.05) is 41.3 Å². The third-order valence-corrected chi connectivity index (χ3v) is 5.92. The number of β-amino-alcohol motifs (C(OH)–C–C–N with tert-alkyl or cyclic N) is 1. The fourth-order valence-corrected chi connectivity index (χ4v) is 4.07. The third kappa shape index (κ3) is 4.95. The Hall–Kier alpha value is -3.54. The lowest BCUT2D eigenvalue weighted by molar-refractivity contribution is 0.0254. The second kappa shape index (κ2) is 9.53. The van der Waals surface area contributed by atoms with E-state index in [1.165, 1.54) is 0 Å². The molecule has 0 atom stereocenters. The van der Waals surface area contributed by atoms with Crippen LogP contribution in [0.2, 0.25) is 0 Å². The van der Waals surface area contributed by atoms with Gasteiger partial charge in [0.2, 0.25) is 0 Å². The second-order valence-corrected chi connectivity index (χ2v) is 8.37. The van der Waals surface area contributed by atoms with Crippen LogP contribution in [-0.2, 0) is 11.2 Å². The minimum absolute atomic E-state index is 0.0760. The number of rotatable bonds is 6. The van der Waals surface area contributed by atoms with Crippen molar-refractivity contribution in [3.8, 4) is 23.1 Å². The van der Waals surface area contributed by atoms with E-state index >= 15 is 0 Å². The zero-order chi connectivity index (χ0) is 22.6. The maximum absolute atomic E-state index is 9.67. The molecular weight excluding hydrogens is 418 g/mol. The molecule has 2 fully saturated rings. The molecule has 5 rings (SSSR count). The van der Waals surface area contributed by atoms with Crippen molar-refractivity contribution < 1.29 is 14.6 Å². The smallest absolute Gasteiger partial charge is 0.137 e. The molecule has 2 saturated heterocycles. The zero-order valence-electron chi connectivity index (χ0n) is 18.2. The average Bonchev–Trinajstić information content (AvgIpc) is 2.83. The predicted molar refractivity (Wildman–Crippen MR) is 122 cm³/mol. The van der Waals surface area contributed by atoms with E-state index in [4.69, 9.17) is 14.5 Å². The fraction of sp³-hybridized carbons (Fsp3) is 0.360. The molecule has 2 aromatic heterocycles. The van der Waals surface area contributed by atoms with Gasteiger partial charge in [-0.1, -0.05) is 0 Å². The number of benzene rings is 1. The summed E-state index contributed by atoms with van der Waals surface area (Å²) in [4.78, 5) is 15.6.